The van der Waals surface area contributed by atoms with Crippen molar-refractivity contribution in [3.63, 3.8) is 0 Å². The molecule has 25 heavy (non-hydrogen) atoms. The van der Waals surface area contributed by atoms with Crippen molar-refractivity contribution in [1.82, 2.24) is 5.32 Å². The fraction of sp³-hybridized carbons (Fsp3) is 0.235. The molecule has 8 heteroatoms. The molecule has 2 aromatic carbocycles. The Morgan fingerprint density at radius 3 is 2.52 bits per heavy atom. The monoisotopic (exact) mass is 389 g/mol. The van der Waals surface area contributed by atoms with Gasteiger partial charge < -0.3 is 14.8 Å². The number of alkyl halides is 2. The van der Waals surface area contributed by atoms with E-state index in [4.69, 9.17) is 27.9 Å². The average Bonchev–Trinajstić information content (AvgIpc) is 2.55. The highest BCUT2D eigenvalue weighted by Gasteiger charge is 2.17. The van der Waals surface area contributed by atoms with Gasteiger partial charge in [0.1, 0.15) is 11.5 Å². The Balaban J connectivity index is 1.96. The van der Waals surface area contributed by atoms with Crippen molar-refractivity contribution in [2.45, 2.75) is 26.2 Å². The number of benzene rings is 2. The van der Waals surface area contributed by atoms with E-state index in [2.05, 4.69) is 10.1 Å². The van der Waals surface area contributed by atoms with Crippen LogP contribution in [0, 0.1) is 0 Å². The fourth-order valence-electron chi connectivity index (χ4n) is 2.00. The van der Waals surface area contributed by atoms with Crippen molar-refractivity contribution in [3.05, 3.63) is 58.1 Å². The van der Waals surface area contributed by atoms with E-state index >= 15 is 0 Å². The molecule has 0 bridgehead atoms. The highest BCUT2D eigenvalue weighted by Crippen LogP contribution is 2.28. The van der Waals surface area contributed by atoms with Gasteiger partial charge in [-0.15, -0.1) is 0 Å². The van der Waals surface area contributed by atoms with Gasteiger partial charge in [0.05, 0.1) is 5.02 Å². The number of rotatable bonds is 7. The first-order chi connectivity index (χ1) is 11.9. The second-order valence-electron chi connectivity index (χ2n) is 5.04. The van der Waals surface area contributed by atoms with Gasteiger partial charge in [-0.1, -0.05) is 41.4 Å². The summed E-state index contributed by atoms with van der Waals surface area (Å²) >= 11 is 11.8. The normalized spacial score (nSPS) is 11.9. The van der Waals surface area contributed by atoms with E-state index in [9.17, 15) is 13.6 Å². The zero-order chi connectivity index (χ0) is 18.4. The summed E-state index contributed by atoms with van der Waals surface area (Å²) in [6.07, 6.45) is -0.846. The summed E-state index contributed by atoms with van der Waals surface area (Å²) < 4.78 is 34.7. The summed E-state index contributed by atoms with van der Waals surface area (Å²) in [4.78, 5) is 12.1. The first kappa shape index (κ1) is 19.3. The van der Waals surface area contributed by atoms with Crippen LogP contribution in [0.4, 0.5) is 8.78 Å². The number of halogens is 4. The molecule has 2 rings (SSSR count). The smallest absolute Gasteiger partial charge is 0.387 e. The van der Waals surface area contributed by atoms with Crippen LogP contribution in [-0.4, -0.2) is 18.6 Å². The highest BCUT2D eigenvalue weighted by molar-refractivity contribution is 6.35. The topological polar surface area (TPSA) is 47.6 Å². The maximum Gasteiger partial charge on any atom is 0.387 e. The van der Waals surface area contributed by atoms with E-state index in [1.54, 1.807) is 37.3 Å². The largest absolute Gasteiger partial charge is 0.479 e. The number of nitrogens with one attached hydrogen (secondary N) is 1. The van der Waals surface area contributed by atoms with Crippen LogP contribution < -0.4 is 14.8 Å². The molecule has 0 fully saturated rings. The van der Waals surface area contributed by atoms with E-state index in [0.29, 0.717) is 16.3 Å². The van der Waals surface area contributed by atoms with Crippen LogP contribution in [0.2, 0.25) is 10.0 Å². The van der Waals surface area contributed by atoms with Crippen LogP contribution in [-0.2, 0) is 11.3 Å². The minimum absolute atomic E-state index is 0.00659. The molecule has 0 spiro atoms. The predicted molar refractivity (Wildman–Crippen MR) is 91.5 cm³/mol. The average molecular weight is 390 g/mol. The van der Waals surface area contributed by atoms with Gasteiger partial charge in [0.2, 0.25) is 0 Å². The molecule has 0 aliphatic heterocycles. The second kappa shape index (κ2) is 8.87. The third-order valence-electron chi connectivity index (χ3n) is 3.21. The van der Waals surface area contributed by atoms with Gasteiger partial charge in [-0.05, 0) is 31.2 Å². The third kappa shape index (κ3) is 5.76. The zero-order valence-corrected chi connectivity index (χ0v) is 14.7. The molecule has 0 aromatic heterocycles. The molecule has 1 unspecified atom stereocenters. The molecular formula is C17H15Cl2F2NO3. The molecule has 1 atom stereocenters. The van der Waals surface area contributed by atoms with Crippen LogP contribution in [0.15, 0.2) is 42.5 Å². The number of ether oxygens (including phenoxy) is 2. The molecular weight excluding hydrogens is 375 g/mol. The standard InChI is InChI=1S/C17H15Cl2F2NO3/c1-10(24-15-7-6-12(18)8-13(15)19)16(23)22-9-11-4-2-3-5-14(11)25-17(20)21/h2-8,10,17H,9H2,1H3,(H,22,23). The minimum atomic E-state index is -2.94. The van der Waals surface area contributed by atoms with E-state index in [1.807, 2.05) is 0 Å². The van der Waals surface area contributed by atoms with Gasteiger partial charge in [-0.2, -0.15) is 8.78 Å². The van der Waals surface area contributed by atoms with E-state index in [1.165, 1.54) is 12.1 Å². The van der Waals surface area contributed by atoms with E-state index in [-0.39, 0.29) is 17.3 Å². The summed E-state index contributed by atoms with van der Waals surface area (Å²) in [6, 6.07) is 10.9. The lowest BCUT2D eigenvalue weighted by Crippen LogP contribution is -2.36. The summed E-state index contributed by atoms with van der Waals surface area (Å²) in [6.45, 7) is -1.38. The molecule has 4 nitrogen and oxygen atoms in total. The van der Waals surface area contributed by atoms with Crippen molar-refractivity contribution >= 4 is 29.1 Å². The molecule has 0 aliphatic carbocycles. The van der Waals surface area contributed by atoms with Crippen LogP contribution in [0.5, 0.6) is 11.5 Å². The lowest BCUT2D eigenvalue weighted by Gasteiger charge is -2.16. The lowest BCUT2D eigenvalue weighted by molar-refractivity contribution is -0.127. The van der Waals surface area contributed by atoms with Crippen molar-refractivity contribution < 1.29 is 23.0 Å². The first-order valence-corrected chi connectivity index (χ1v) is 8.04. The van der Waals surface area contributed by atoms with Gasteiger partial charge in [0.15, 0.2) is 6.10 Å². The molecule has 2 aromatic rings. The molecule has 0 saturated carbocycles. The summed E-state index contributed by atoms with van der Waals surface area (Å²) in [5, 5.41) is 3.34. The second-order valence-corrected chi connectivity index (χ2v) is 5.88. The van der Waals surface area contributed by atoms with Crippen molar-refractivity contribution in [3.8, 4) is 11.5 Å². The quantitative estimate of drug-likeness (QED) is 0.747. The number of amides is 1. The van der Waals surface area contributed by atoms with Gasteiger partial charge in [-0.3, -0.25) is 4.79 Å². The molecule has 1 amide bonds. The van der Waals surface area contributed by atoms with E-state index < -0.39 is 18.6 Å². The van der Waals surface area contributed by atoms with E-state index in [0.717, 1.165) is 0 Å². The van der Waals surface area contributed by atoms with Gasteiger partial charge >= 0.3 is 6.61 Å². The van der Waals surface area contributed by atoms with Gasteiger partial charge in [0.25, 0.3) is 5.91 Å². The molecule has 0 radical (unpaired) electrons. The summed E-state index contributed by atoms with van der Waals surface area (Å²) in [5.41, 5.74) is 0.424. The minimum Gasteiger partial charge on any atom is -0.479 e. The molecule has 0 aliphatic rings. The van der Waals surface area contributed by atoms with Crippen LogP contribution in [0.1, 0.15) is 12.5 Å². The highest BCUT2D eigenvalue weighted by atomic mass is 35.5. The van der Waals surface area contributed by atoms with Crippen LogP contribution >= 0.6 is 23.2 Å². The predicted octanol–water partition coefficient (Wildman–Crippen LogP) is 4.68. The van der Waals surface area contributed by atoms with Gasteiger partial charge in [-0.25, -0.2) is 0 Å². The zero-order valence-electron chi connectivity index (χ0n) is 13.1. The Kier molecular flexibility index (Phi) is 6.84. The van der Waals surface area contributed by atoms with Gasteiger partial charge in [0, 0.05) is 17.1 Å². The Labute approximate surface area is 153 Å². The van der Waals surface area contributed by atoms with Crippen LogP contribution in [0.25, 0.3) is 0 Å². The molecule has 0 saturated heterocycles. The lowest BCUT2D eigenvalue weighted by atomic mass is 10.2. The number of carbonyl (C=O) groups excluding carboxylic acids is 1. The first-order valence-electron chi connectivity index (χ1n) is 7.29. The number of carbonyl (C=O) groups is 1. The molecule has 0 heterocycles. The maximum atomic E-state index is 12.4. The Morgan fingerprint density at radius 2 is 1.84 bits per heavy atom. The van der Waals surface area contributed by atoms with Crippen LogP contribution in [0.3, 0.4) is 0 Å². The SMILES string of the molecule is CC(Oc1ccc(Cl)cc1Cl)C(=O)NCc1ccccc1OC(F)F. The number of hydrogen-bond donors (Lipinski definition) is 1. The maximum absolute atomic E-state index is 12.4. The molecule has 134 valence electrons. The molecule has 1 N–H and O–H groups in total. The summed E-state index contributed by atoms with van der Waals surface area (Å²) in [7, 11) is 0. The Hall–Kier alpha value is -2.05. The number of para-hydroxylation sites is 1. The van der Waals surface area contributed by atoms with Crippen molar-refractivity contribution in [2.75, 3.05) is 0 Å². The van der Waals surface area contributed by atoms with Crippen molar-refractivity contribution in [1.29, 1.82) is 0 Å². The fourth-order valence-corrected chi connectivity index (χ4v) is 2.45. The third-order valence-corrected chi connectivity index (χ3v) is 3.74. The number of hydrogen-bond acceptors (Lipinski definition) is 3. The Bertz CT molecular complexity index is 744. The Morgan fingerprint density at radius 1 is 1.12 bits per heavy atom. The summed E-state index contributed by atoms with van der Waals surface area (Å²) in [5.74, 6) is -0.111. The van der Waals surface area contributed by atoms with Crippen molar-refractivity contribution in [2.24, 2.45) is 0 Å².